The molecule has 0 atom stereocenters. The number of nitrogens with zero attached hydrogens (tertiary/aromatic N) is 1. The van der Waals surface area contributed by atoms with Gasteiger partial charge < -0.3 is 10.2 Å². The van der Waals surface area contributed by atoms with Gasteiger partial charge in [-0.2, -0.15) is 0 Å². The van der Waals surface area contributed by atoms with Gasteiger partial charge in [0.25, 0.3) is 0 Å². The number of hydrogen-bond acceptors (Lipinski definition) is 5. The number of hydrogen-bond donors (Lipinski definition) is 2. The summed E-state index contributed by atoms with van der Waals surface area (Å²) in [5.41, 5.74) is 0.801. The molecule has 4 rings (SSSR count). The number of benzene rings is 1. The van der Waals surface area contributed by atoms with E-state index in [0.29, 0.717) is 18.9 Å². The fraction of sp³-hybridized carbons (Fsp3) is 0.652. The Bertz CT molecular complexity index is 967. The van der Waals surface area contributed by atoms with Crippen LogP contribution in [0.4, 0.5) is 5.69 Å². The van der Waals surface area contributed by atoms with Gasteiger partial charge in [0.15, 0.2) is 0 Å². The van der Waals surface area contributed by atoms with Gasteiger partial charge in [0, 0.05) is 28.6 Å². The molecule has 9 heteroatoms. The number of nitrogens with one attached hydrogen (secondary N) is 2. The van der Waals surface area contributed by atoms with Gasteiger partial charge in [0.05, 0.1) is 10.9 Å². The van der Waals surface area contributed by atoms with Crippen molar-refractivity contribution in [3.05, 3.63) is 24.3 Å². The van der Waals surface area contributed by atoms with Crippen molar-refractivity contribution in [3.63, 3.8) is 0 Å². The zero-order chi connectivity index (χ0) is 22.9. The monoisotopic (exact) mass is 479 g/mol. The largest absolute Gasteiger partial charge is 0.352 e. The molecule has 3 aliphatic rings. The summed E-state index contributed by atoms with van der Waals surface area (Å²) < 4.78 is 26.6. The van der Waals surface area contributed by atoms with Crippen LogP contribution in [0.1, 0.15) is 58.8 Å². The summed E-state index contributed by atoms with van der Waals surface area (Å²) in [6, 6.07) is 7.84. The molecule has 2 amide bonds. The Kier molecular flexibility index (Phi) is 6.89. The molecule has 2 N–H and O–H groups in total. The van der Waals surface area contributed by atoms with Crippen LogP contribution < -0.4 is 14.9 Å². The van der Waals surface area contributed by atoms with Crippen LogP contribution in [0.3, 0.4) is 0 Å². The number of amides is 2. The molecule has 2 aliphatic carbocycles. The third kappa shape index (κ3) is 5.85. The molecule has 32 heavy (non-hydrogen) atoms. The van der Waals surface area contributed by atoms with E-state index in [1.165, 1.54) is 0 Å². The molecule has 7 nitrogen and oxygen atoms in total. The van der Waals surface area contributed by atoms with Crippen molar-refractivity contribution in [1.29, 1.82) is 0 Å². The summed E-state index contributed by atoms with van der Waals surface area (Å²) in [5, 5.41) is 2.92. The SMILES string of the molecule is CC1(C)CC(=O)N(CC(=O)NC2CCC(CNS(=O)(=O)C3CC3)CC2)c2ccccc2S1. The fourth-order valence-corrected chi connectivity index (χ4v) is 7.21. The van der Waals surface area contributed by atoms with Crippen molar-refractivity contribution in [3.8, 4) is 0 Å². The molecule has 1 aliphatic heterocycles. The Labute approximate surface area is 195 Å². The highest BCUT2D eigenvalue weighted by atomic mass is 32.2. The second-order valence-electron chi connectivity index (χ2n) is 9.86. The van der Waals surface area contributed by atoms with Crippen molar-refractivity contribution in [2.24, 2.45) is 5.92 Å². The third-order valence-corrected chi connectivity index (χ3v) is 9.65. The third-order valence-electron chi connectivity index (χ3n) is 6.47. The van der Waals surface area contributed by atoms with E-state index < -0.39 is 10.0 Å². The summed E-state index contributed by atoms with van der Waals surface area (Å²) in [6.07, 6.45) is 5.34. The lowest BCUT2D eigenvalue weighted by atomic mass is 9.86. The van der Waals surface area contributed by atoms with Gasteiger partial charge in [0.1, 0.15) is 6.54 Å². The molecular formula is C23H33N3O4S2. The molecule has 1 heterocycles. The Hall–Kier alpha value is -1.58. The highest BCUT2D eigenvalue weighted by molar-refractivity contribution is 8.00. The molecule has 1 aromatic rings. The Morgan fingerprint density at radius 3 is 2.50 bits per heavy atom. The van der Waals surface area contributed by atoms with E-state index >= 15 is 0 Å². The maximum atomic E-state index is 12.9. The lowest BCUT2D eigenvalue weighted by Gasteiger charge is -2.30. The van der Waals surface area contributed by atoms with Crippen molar-refractivity contribution in [1.82, 2.24) is 10.0 Å². The van der Waals surface area contributed by atoms with Gasteiger partial charge in [-0.1, -0.05) is 12.1 Å². The predicted octanol–water partition coefficient (Wildman–Crippen LogP) is 3.05. The standard InChI is InChI=1S/C23H33N3O4S2/c1-23(2)13-22(28)26(19-5-3-4-6-20(19)31-23)15-21(27)25-17-9-7-16(8-10-17)14-24-32(29,30)18-11-12-18/h3-6,16-18,24H,7-15H2,1-2H3,(H,25,27). The molecule has 0 spiro atoms. The van der Waals surface area contributed by atoms with E-state index in [9.17, 15) is 18.0 Å². The van der Waals surface area contributed by atoms with E-state index in [4.69, 9.17) is 0 Å². The van der Waals surface area contributed by atoms with Crippen molar-refractivity contribution in [2.45, 2.75) is 79.7 Å². The predicted molar refractivity (Wildman–Crippen MR) is 127 cm³/mol. The quantitative estimate of drug-likeness (QED) is 0.627. The molecule has 2 fully saturated rings. The molecule has 176 valence electrons. The normalized spacial score (nSPS) is 25.7. The molecule has 2 saturated carbocycles. The van der Waals surface area contributed by atoms with E-state index in [0.717, 1.165) is 49.1 Å². The van der Waals surface area contributed by atoms with Crippen LogP contribution in [0.15, 0.2) is 29.2 Å². The number of rotatable bonds is 7. The average Bonchev–Trinajstić information content (AvgIpc) is 3.57. The van der Waals surface area contributed by atoms with Crippen molar-refractivity contribution in [2.75, 3.05) is 18.0 Å². The van der Waals surface area contributed by atoms with Crippen molar-refractivity contribution >= 4 is 39.3 Å². The van der Waals surface area contributed by atoms with Crippen LogP contribution in [-0.4, -0.2) is 49.4 Å². The first-order valence-electron chi connectivity index (χ1n) is 11.5. The number of fused-ring (bicyclic) bond motifs is 1. The molecule has 0 radical (unpaired) electrons. The second-order valence-corrected chi connectivity index (χ2v) is 13.7. The Balaban J connectivity index is 1.29. The van der Waals surface area contributed by atoms with Crippen LogP contribution >= 0.6 is 11.8 Å². The average molecular weight is 480 g/mol. The van der Waals surface area contributed by atoms with Gasteiger partial charge in [0.2, 0.25) is 21.8 Å². The molecular weight excluding hydrogens is 446 g/mol. The van der Waals surface area contributed by atoms with E-state index in [1.54, 1.807) is 16.7 Å². The first-order valence-corrected chi connectivity index (χ1v) is 13.9. The molecule has 0 unspecified atom stereocenters. The molecule has 0 aromatic heterocycles. The summed E-state index contributed by atoms with van der Waals surface area (Å²) >= 11 is 1.67. The van der Waals surface area contributed by atoms with Gasteiger partial charge >= 0.3 is 0 Å². The fourth-order valence-electron chi connectivity index (χ4n) is 4.53. The second kappa shape index (κ2) is 9.35. The molecule has 0 saturated heterocycles. The van der Waals surface area contributed by atoms with Crippen LogP contribution in [0.5, 0.6) is 0 Å². The first kappa shape index (κ1) is 23.6. The zero-order valence-electron chi connectivity index (χ0n) is 18.8. The number of carbonyl (C=O) groups excluding carboxylic acids is 2. The summed E-state index contributed by atoms with van der Waals surface area (Å²) in [5.74, 6) is 0.139. The lowest BCUT2D eigenvalue weighted by Crippen LogP contribution is -2.46. The van der Waals surface area contributed by atoms with Gasteiger partial charge in [-0.15, -0.1) is 11.8 Å². The van der Waals surface area contributed by atoms with Gasteiger partial charge in [-0.05, 0) is 70.4 Å². The highest BCUT2D eigenvalue weighted by Gasteiger charge is 2.36. The van der Waals surface area contributed by atoms with Gasteiger partial charge in [-0.25, -0.2) is 13.1 Å². The summed E-state index contributed by atoms with van der Waals surface area (Å²) in [4.78, 5) is 28.4. The smallest absolute Gasteiger partial charge is 0.240 e. The molecule has 0 bridgehead atoms. The highest BCUT2D eigenvalue weighted by Crippen LogP contribution is 2.43. The van der Waals surface area contributed by atoms with E-state index in [1.807, 2.05) is 24.3 Å². The topological polar surface area (TPSA) is 95.6 Å². The minimum Gasteiger partial charge on any atom is -0.352 e. The number of carbonyl (C=O) groups is 2. The number of para-hydroxylation sites is 1. The molecule has 1 aromatic carbocycles. The Morgan fingerprint density at radius 2 is 1.81 bits per heavy atom. The van der Waals surface area contributed by atoms with E-state index in [-0.39, 0.29) is 34.4 Å². The Morgan fingerprint density at radius 1 is 1.12 bits per heavy atom. The van der Waals surface area contributed by atoms with Crippen LogP contribution in [0.25, 0.3) is 0 Å². The summed E-state index contributed by atoms with van der Waals surface area (Å²) in [6.45, 7) is 4.62. The minimum atomic E-state index is -3.14. The minimum absolute atomic E-state index is 0.0214. The maximum Gasteiger partial charge on any atom is 0.240 e. The van der Waals surface area contributed by atoms with E-state index in [2.05, 4.69) is 23.9 Å². The number of anilines is 1. The lowest BCUT2D eigenvalue weighted by molar-refractivity contribution is -0.124. The van der Waals surface area contributed by atoms with Crippen LogP contribution in [-0.2, 0) is 19.6 Å². The van der Waals surface area contributed by atoms with Crippen molar-refractivity contribution < 1.29 is 18.0 Å². The van der Waals surface area contributed by atoms with Crippen LogP contribution in [0, 0.1) is 5.92 Å². The van der Waals surface area contributed by atoms with Crippen LogP contribution in [0.2, 0.25) is 0 Å². The first-order chi connectivity index (χ1) is 15.1. The maximum absolute atomic E-state index is 12.9. The van der Waals surface area contributed by atoms with Gasteiger partial charge in [-0.3, -0.25) is 9.59 Å². The number of thioether (sulfide) groups is 1. The number of sulfonamides is 1. The summed E-state index contributed by atoms with van der Waals surface area (Å²) in [7, 11) is -3.14. The zero-order valence-corrected chi connectivity index (χ0v) is 20.4.